The first-order chi connectivity index (χ1) is 11.2. The molecular formula is C17H12N2O3S. The van der Waals surface area contributed by atoms with E-state index in [1.54, 1.807) is 25.3 Å². The lowest BCUT2D eigenvalue weighted by Gasteiger charge is -2.03. The van der Waals surface area contributed by atoms with Crippen LogP contribution in [-0.2, 0) is 0 Å². The van der Waals surface area contributed by atoms with Gasteiger partial charge < -0.3 is 14.1 Å². The summed E-state index contributed by atoms with van der Waals surface area (Å²) in [4.78, 5) is 20.8. The number of ether oxygens (including phenoxy) is 1. The third-order valence-electron chi connectivity index (χ3n) is 3.52. The van der Waals surface area contributed by atoms with Gasteiger partial charge in [-0.15, -0.1) is 0 Å². The van der Waals surface area contributed by atoms with Crippen molar-refractivity contribution in [3.8, 4) is 5.75 Å². The van der Waals surface area contributed by atoms with E-state index in [0.29, 0.717) is 26.8 Å². The van der Waals surface area contributed by atoms with Crippen molar-refractivity contribution >= 4 is 33.8 Å². The fourth-order valence-corrected chi connectivity index (χ4v) is 3.18. The highest BCUT2D eigenvalue weighted by atomic mass is 32.2. The van der Waals surface area contributed by atoms with E-state index in [0.717, 1.165) is 11.0 Å². The lowest BCUT2D eigenvalue weighted by atomic mass is 10.2. The standard InChI is InChI=1S/C17H12N2O3S/c1-21-10-6-7-14-11(8-10)16(20)15(9-22-14)23-17-18-12-4-2-3-5-13(12)19-17/h2-9H,1H3,(H,18,19). The Hall–Kier alpha value is -2.73. The topological polar surface area (TPSA) is 68.1 Å². The van der Waals surface area contributed by atoms with Gasteiger partial charge in [0.1, 0.15) is 17.6 Å². The molecule has 2 heterocycles. The van der Waals surface area contributed by atoms with Crippen LogP contribution in [0.2, 0.25) is 0 Å². The van der Waals surface area contributed by atoms with Crippen LogP contribution in [0.1, 0.15) is 0 Å². The van der Waals surface area contributed by atoms with Gasteiger partial charge in [0.05, 0.1) is 28.4 Å². The van der Waals surface area contributed by atoms with E-state index in [1.165, 1.54) is 18.0 Å². The van der Waals surface area contributed by atoms with E-state index in [4.69, 9.17) is 9.15 Å². The predicted molar refractivity (Wildman–Crippen MR) is 89.3 cm³/mol. The summed E-state index contributed by atoms with van der Waals surface area (Å²) in [5.41, 5.74) is 2.23. The van der Waals surface area contributed by atoms with Crippen molar-refractivity contribution in [2.45, 2.75) is 10.1 Å². The summed E-state index contributed by atoms with van der Waals surface area (Å²) in [6, 6.07) is 12.9. The number of H-pyrrole nitrogens is 1. The summed E-state index contributed by atoms with van der Waals surface area (Å²) in [5, 5.41) is 1.14. The first-order valence-electron chi connectivity index (χ1n) is 6.97. The highest BCUT2D eigenvalue weighted by Crippen LogP contribution is 2.27. The summed E-state index contributed by atoms with van der Waals surface area (Å²) < 4.78 is 10.7. The van der Waals surface area contributed by atoms with Crippen molar-refractivity contribution < 1.29 is 9.15 Å². The number of rotatable bonds is 3. The summed E-state index contributed by atoms with van der Waals surface area (Å²) in [7, 11) is 1.57. The van der Waals surface area contributed by atoms with Crippen LogP contribution in [-0.4, -0.2) is 17.1 Å². The lowest BCUT2D eigenvalue weighted by molar-refractivity contribution is 0.415. The maximum absolute atomic E-state index is 12.6. The second-order valence-corrected chi connectivity index (χ2v) is 5.98. The normalized spacial score (nSPS) is 11.2. The third kappa shape index (κ3) is 2.47. The van der Waals surface area contributed by atoms with Crippen LogP contribution in [0.15, 0.2) is 68.0 Å². The Morgan fingerprint density at radius 3 is 2.91 bits per heavy atom. The monoisotopic (exact) mass is 324 g/mol. The van der Waals surface area contributed by atoms with Crippen LogP contribution in [0.25, 0.3) is 22.0 Å². The third-order valence-corrected chi connectivity index (χ3v) is 4.41. The molecule has 0 radical (unpaired) electrons. The summed E-state index contributed by atoms with van der Waals surface area (Å²) >= 11 is 1.25. The molecule has 5 nitrogen and oxygen atoms in total. The van der Waals surface area contributed by atoms with Gasteiger partial charge in [-0.3, -0.25) is 4.79 Å². The number of hydrogen-bond acceptors (Lipinski definition) is 5. The van der Waals surface area contributed by atoms with E-state index in [9.17, 15) is 4.79 Å². The van der Waals surface area contributed by atoms with Crippen LogP contribution < -0.4 is 10.2 Å². The molecule has 1 N–H and O–H groups in total. The molecule has 0 amide bonds. The van der Waals surface area contributed by atoms with Crippen molar-refractivity contribution in [3.05, 3.63) is 59.0 Å². The van der Waals surface area contributed by atoms with Crippen LogP contribution >= 0.6 is 11.8 Å². The molecule has 0 aliphatic carbocycles. The lowest BCUT2D eigenvalue weighted by Crippen LogP contribution is -2.04. The fourth-order valence-electron chi connectivity index (χ4n) is 2.37. The minimum absolute atomic E-state index is 0.101. The van der Waals surface area contributed by atoms with E-state index in [-0.39, 0.29) is 5.43 Å². The molecule has 0 saturated heterocycles. The van der Waals surface area contributed by atoms with Gasteiger partial charge in [0.2, 0.25) is 5.43 Å². The highest BCUT2D eigenvalue weighted by Gasteiger charge is 2.12. The molecule has 0 bridgehead atoms. The molecule has 4 rings (SSSR count). The SMILES string of the molecule is COc1ccc2occ(Sc3nc4ccccc4[nH]3)c(=O)c2c1. The average molecular weight is 324 g/mol. The van der Waals surface area contributed by atoms with Crippen molar-refractivity contribution in [2.75, 3.05) is 7.11 Å². The van der Waals surface area contributed by atoms with Crippen LogP contribution in [0.4, 0.5) is 0 Å². The largest absolute Gasteiger partial charge is 0.497 e. The molecule has 4 aromatic rings. The van der Waals surface area contributed by atoms with Gasteiger partial charge in [0.15, 0.2) is 5.16 Å². The molecule has 0 atom stereocenters. The van der Waals surface area contributed by atoms with Gasteiger partial charge in [-0.05, 0) is 42.1 Å². The van der Waals surface area contributed by atoms with E-state index in [2.05, 4.69) is 9.97 Å². The Balaban J connectivity index is 1.79. The maximum Gasteiger partial charge on any atom is 0.206 e. The van der Waals surface area contributed by atoms with Crippen molar-refractivity contribution in [3.63, 3.8) is 0 Å². The zero-order valence-corrected chi connectivity index (χ0v) is 13.0. The number of hydrogen-bond donors (Lipinski definition) is 1. The highest BCUT2D eigenvalue weighted by molar-refractivity contribution is 7.99. The van der Waals surface area contributed by atoms with Gasteiger partial charge >= 0.3 is 0 Å². The molecule has 0 aliphatic heterocycles. The van der Waals surface area contributed by atoms with Crippen molar-refractivity contribution in [1.82, 2.24) is 9.97 Å². The minimum Gasteiger partial charge on any atom is -0.497 e. The Kier molecular flexibility index (Phi) is 3.31. The van der Waals surface area contributed by atoms with Gasteiger partial charge in [0.25, 0.3) is 0 Å². The molecule has 6 heteroatoms. The number of aromatic nitrogens is 2. The fraction of sp³-hybridized carbons (Fsp3) is 0.0588. The quantitative estimate of drug-likeness (QED) is 0.620. The predicted octanol–water partition coefficient (Wildman–Crippen LogP) is 3.83. The molecule has 2 aromatic carbocycles. The zero-order valence-electron chi connectivity index (χ0n) is 12.2. The Morgan fingerprint density at radius 1 is 1.22 bits per heavy atom. The van der Waals surface area contributed by atoms with Crippen molar-refractivity contribution in [2.24, 2.45) is 0 Å². The van der Waals surface area contributed by atoms with Gasteiger partial charge in [0, 0.05) is 0 Å². The zero-order chi connectivity index (χ0) is 15.8. The number of nitrogens with zero attached hydrogens (tertiary/aromatic N) is 1. The van der Waals surface area contributed by atoms with Crippen molar-refractivity contribution in [1.29, 1.82) is 0 Å². The molecule has 0 aliphatic rings. The van der Waals surface area contributed by atoms with E-state index < -0.39 is 0 Å². The summed E-state index contributed by atoms with van der Waals surface area (Å²) in [6.45, 7) is 0. The van der Waals surface area contributed by atoms with Crippen LogP contribution in [0, 0.1) is 0 Å². The molecule has 0 unspecified atom stereocenters. The molecular weight excluding hydrogens is 312 g/mol. The molecule has 2 aromatic heterocycles. The number of benzene rings is 2. The number of methoxy groups -OCH3 is 1. The van der Waals surface area contributed by atoms with Gasteiger partial charge in [-0.2, -0.15) is 0 Å². The number of imidazole rings is 1. The Bertz CT molecular complexity index is 1040. The molecule has 0 fully saturated rings. The van der Waals surface area contributed by atoms with Crippen LogP contribution in [0.3, 0.4) is 0 Å². The first kappa shape index (κ1) is 13.9. The van der Waals surface area contributed by atoms with Gasteiger partial charge in [-0.25, -0.2) is 4.98 Å². The second kappa shape index (κ2) is 5.48. The number of nitrogens with one attached hydrogen (secondary N) is 1. The minimum atomic E-state index is -0.101. The number of para-hydroxylation sites is 2. The molecule has 0 spiro atoms. The number of aromatic amines is 1. The second-order valence-electron chi connectivity index (χ2n) is 4.95. The molecule has 23 heavy (non-hydrogen) atoms. The Morgan fingerprint density at radius 2 is 2.09 bits per heavy atom. The first-order valence-corrected chi connectivity index (χ1v) is 7.78. The summed E-state index contributed by atoms with van der Waals surface area (Å²) in [6.07, 6.45) is 1.47. The van der Waals surface area contributed by atoms with Crippen LogP contribution in [0.5, 0.6) is 5.75 Å². The molecule has 114 valence electrons. The smallest absolute Gasteiger partial charge is 0.206 e. The summed E-state index contributed by atoms with van der Waals surface area (Å²) in [5.74, 6) is 0.621. The Labute approximate surface area is 135 Å². The van der Waals surface area contributed by atoms with E-state index >= 15 is 0 Å². The maximum atomic E-state index is 12.6. The van der Waals surface area contributed by atoms with Gasteiger partial charge in [-0.1, -0.05) is 12.1 Å². The van der Waals surface area contributed by atoms with E-state index in [1.807, 2.05) is 24.3 Å². The average Bonchev–Trinajstić information content (AvgIpc) is 2.99. The number of fused-ring (bicyclic) bond motifs is 2. The molecule has 0 saturated carbocycles.